The lowest BCUT2D eigenvalue weighted by Gasteiger charge is -2.22. The van der Waals surface area contributed by atoms with Crippen molar-refractivity contribution in [1.29, 1.82) is 0 Å². The van der Waals surface area contributed by atoms with E-state index in [0.717, 1.165) is 6.42 Å². The Morgan fingerprint density at radius 3 is 2.57 bits per heavy atom. The molecule has 0 bridgehead atoms. The molecule has 7 heteroatoms. The molecular formula is C21H27N5OS. The van der Waals surface area contributed by atoms with E-state index in [1.165, 1.54) is 34.0 Å². The Kier molecular flexibility index (Phi) is 6.03. The smallest absolute Gasteiger partial charge is 0.253 e. The van der Waals surface area contributed by atoms with Crippen molar-refractivity contribution in [3.63, 3.8) is 0 Å². The number of aromatic nitrogens is 4. The summed E-state index contributed by atoms with van der Waals surface area (Å²) >= 11 is 1.32. The molecule has 1 amide bonds. The minimum atomic E-state index is -0.0153. The van der Waals surface area contributed by atoms with Crippen molar-refractivity contribution in [2.24, 2.45) is 0 Å². The van der Waals surface area contributed by atoms with Crippen LogP contribution in [0.3, 0.4) is 0 Å². The van der Waals surface area contributed by atoms with Gasteiger partial charge in [-0.25, -0.2) is 9.50 Å². The van der Waals surface area contributed by atoms with Gasteiger partial charge in [-0.2, -0.15) is 4.98 Å². The molecule has 0 saturated carbocycles. The molecule has 2 heterocycles. The summed E-state index contributed by atoms with van der Waals surface area (Å²) in [5.74, 6) is 0.811. The molecule has 0 aliphatic rings. The highest BCUT2D eigenvalue weighted by Gasteiger charge is 2.16. The van der Waals surface area contributed by atoms with Crippen LogP contribution in [0.25, 0.3) is 5.78 Å². The van der Waals surface area contributed by atoms with Crippen LogP contribution in [-0.4, -0.2) is 37.8 Å². The summed E-state index contributed by atoms with van der Waals surface area (Å²) in [5.41, 5.74) is 5.38. The Bertz CT molecular complexity index is 934. The number of amides is 1. The van der Waals surface area contributed by atoms with E-state index in [9.17, 15) is 4.79 Å². The van der Waals surface area contributed by atoms with Crippen molar-refractivity contribution in [1.82, 2.24) is 24.9 Å². The van der Waals surface area contributed by atoms with Crippen LogP contribution < -0.4 is 5.32 Å². The first-order valence-electron chi connectivity index (χ1n) is 9.41. The van der Waals surface area contributed by atoms with E-state index in [4.69, 9.17) is 0 Å². The van der Waals surface area contributed by atoms with E-state index in [0.29, 0.717) is 17.5 Å². The van der Waals surface area contributed by atoms with Gasteiger partial charge in [0.2, 0.25) is 11.1 Å². The molecule has 1 aromatic carbocycles. The molecule has 2 aromatic heterocycles. The van der Waals surface area contributed by atoms with Crippen LogP contribution in [0.15, 0.2) is 35.7 Å². The molecule has 0 fully saturated rings. The first-order valence-corrected chi connectivity index (χ1v) is 10.4. The molecule has 148 valence electrons. The number of hydrogen-bond acceptors (Lipinski definition) is 5. The van der Waals surface area contributed by atoms with Crippen LogP contribution in [0.4, 0.5) is 0 Å². The van der Waals surface area contributed by atoms with Gasteiger partial charge in [0.05, 0.1) is 5.75 Å². The first-order chi connectivity index (χ1) is 13.2. The molecule has 0 radical (unpaired) electrons. The highest BCUT2D eigenvalue weighted by Crippen LogP contribution is 2.27. The second-order valence-corrected chi connectivity index (χ2v) is 8.93. The van der Waals surface area contributed by atoms with E-state index >= 15 is 0 Å². The van der Waals surface area contributed by atoms with Crippen LogP contribution in [0.5, 0.6) is 0 Å². The number of nitrogens with one attached hydrogen (secondary N) is 1. The molecule has 0 atom stereocenters. The molecule has 6 nitrogen and oxygen atoms in total. The highest BCUT2D eigenvalue weighted by molar-refractivity contribution is 7.99. The number of carbonyl (C=O) groups is 1. The summed E-state index contributed by atoms with van der Waals surface area (Å²) < 4.78 is 1.60. The standard InChI is InChI=1S/C21H27N5OS/c1-14-11-16(21(3,4)5)12-15(2)17(14)7-9-22-18(27)13-28-20-24-19-23-8-6-10-26(19)25-20/h6,8,10-12H,7,9,13H2,1-5H3,(H,22,27). The summed E-state index contributed by atoms with van der Waals surface area (Å²) in [6.07, 6.45) is 4.28. The van der Waals surface area contributed by atoms with Crippen molar-refractivity contribution < 1.29 is 4.79 Å². The predicted molar refractivity (Wildman–Crippen MR) is 113 cm³/mol. The van der Waals surface area contributed by atoms with Gasteiger partial charge in [0.25, 0.3) is 5.78 Å². The number of thioether (sulfide) groups is 1. The summed E-state index contributed by atoms with van der Waals surface area (Å²) in [7, 11) is 0. The fourth-order valence-corrected chi connectivity index (χ4v) is 3.76. The van der Waals surface area contributed by atoms with Crippen LogP contribution >= 0.6 is 11.8 Å². The molecule has 3 aromatic rings. The van der Waals surface area contributed by atoms with Gasteiger partial charge in [0.15, 0.2) is 0 Å². The summed E-state index contributed by atoms with van der Waals surface area (Å²) in [4.78, 5) is 20.6. The summed E-state index contributed by atoms with van der Waals surface area (Å²) in [6.45, 7) is 11.6. The number of fused-ring (bicyclic) bond motifs is 1. The fraction of sp³-hybridized carbons (Fsp3) is 0.429. The topological polar surface area (TPSA) is 72.2 Å². The second kappa shape index (κ2) is 8.31. The lowest BCUT2D eigenvalue weighted by molar-refractivity contribution is -0.118. The molecule has 28 heavy (non-hydrogen) atoms. The number of aryl methyl sites for hydroxylation is 2. The van der Waals surface area contributed by atoms with E-state index in [-0.39, 0.29) is 17.1 Å². The van der Waals surface area contributed by atoms with Gasteiger partial charge in [-0.05, 0) is 54.0 Å². The number of carbonyl (C=O) groups excluding carboxylic acids is 1. The normalized spacial score (nSPS) is 11.8. The van der Waals surface area contributed by atoms with Crippen molar-refractivity contribution in [3.8, 4) is 0 Å². The van der Waals surface area contributed by atoms with Crippen molar-refractivity contribution in [2.45, 2.75) is 51.6 Å². The Hall–Kier alpha value is -2.41. The van der Waals surface area contributed by atoms with E-state index in [2.05, 4.69) is 67.1 Å². The predicted octanol–water partition coefficient (Wildman–Crippen LogP) is 3.49. The Morgan fingerprint density at radius 1 is 1.21 bits per heavy atom. The maximum absolute atomic E-state index is 12.2. The molecule has 0 aliphatic heterocycles. The minimum absolute atomic E-state index is 0.0153. The van der Waals surface area contributed by atoms with Gasteiger partial charge in [0.1, 0.15) is 0 Å². The zero-order chi connectivity index (χ0) is 20.3. The van der Waals surface area contributed by atoms with Crippen LogP contribution in [0.2, 0.25) is 0 Å². The molecule has 1 N–H and O–H groups in total. The molecular weight excluding hydrogens is 370 g/mol. The summed E-state index contributed by atoms with van der Waals surface area (Å²) in [5, 5.41) is 7.84. The van der Waals surface area contributed by atoms with Crippen molar-refractivity contribution in [2.75, 3.05) is 12.3 Å². The number of hydrogen-bond donors (Lipinski definition) is 1. The van der Waals surface area contributed by atoms with E-state index in [1.807, 2.05) is 0 Å². The number of rotatable bonds is 6. The SMILES string of the molecule is Cc1cc(C(C)(C)C)cc(C)c1CCNC(=O)CSc1nc2ncccn2n1. The van der Waals surface area contributed by atoms with Crippen LogP contribution in [0, 0.1) is 13.8 Å². The molecule has 0 saturated heterocycles. The average molecular weight is 398 g/mol. The van der Waals surface area contributed by atoms with Gasteiger partial charge in [-0.3, -0.25) is 4.79 Å². The minimum Gasteiger partial charge on any atom is -0.355 e. The first kappa shape index (κ1) is 20.3. The van der Waals surface area contributed by atoms with Gasteiger partial charge >= 0.3 is 0 Å². The van der Waals surface area contributed by atoms with Gasteiger partial charge in [-0.1, -0.05) is 44.7 Å². The molecule has 3 rings (SSSR count). The van der Waals surface area contributed by atoms with Gasteiger partial charge < -0.3 is 5.32 Å². The monoisotopic (exact) mass is 397 g/mol. The quantitative estimate of drug-likeness (QED) is 0.645. The third-order valence-corrected chi connectivity index (χ3v) is 5.53. The maximum atomic E-state index is 12.2. The second-order valence-electron chi connectivity index (χ2n) is 7.99. The Labute approximate surface area is 170 Å². The summed E-state index contributed by atoms with van der Waals surface area (Å²) in [6, 6.07) is 6.33. The Morgan fingerprint density at radius 2 is 1.93 bits per heavy atom. The molecule has 0 unspecified atom stereocenters. The fourth-order valence-electron chi connectivity index (χ4n) is 3.10. The lowest BCUT2D eigenvalue weighted by atomic mass is 9.83. The van der Waals surface area contributed by atoms with E-state index < -0.39 is 0 Å². The zero-order valence-corrected chi connectivity index (χ0v) is 17.9. The maximum Gasteiger partial charge on any atom is 0.253 e. The van der Waals surface area contributed by atoms with Crippen molar-refractivity contribution in [3.05, 3.63) is 52.8 Å². The number of benzene rings is 1. The van der Waals surface area contributed by atoms with Crippen LogP contribution in [0.1, 0.15) is 43.0 Å². The average Bonchev–Trinajstić information content (AvgIpc) is 3.04. The van der Waals surface area contributed by atoms with Gasteiger partial charge in [-0.15, -0.1) is 5.10 Å². The Balaban J connectivity index is 1.51. The highest BCUT2D eigenvalue weighted by atomic mass is 32.2. The van der Waals surface area contributed by atoms with E-state index in [1.54, 1.807) is 23.0 Å². The largest absolute Gasteiger partial charge is 0.355 e. The third kappa shape index (κ3) is 4.90. The third-order valence-electron chi connectivity index (χ3n) is 4.69. The van der Waals surface area contributed by atoms with Gasteiger partial charge in [0, 0.05) is 18.9 Å². The zero-order valence-electron chi connectivity index (χ0n) is 17.1. The molecule has 0 spiro atoms. The number of nitrogens with zero attached hydrogens (tertiary/aromatic N) is 4. The van der Waals surface area contributed by atoms with Crippen LogP contribution in [-0.2, 0) is 16.6 Å². The van der Waals surface area contributed by atoms with Crippen molar-refractivity contribution >= 4 is 23.4 Å². The molecule has 0 aliphatic carbocycles. The lowest BCUT2D eigenvalue weighted by Crippen LogP contribution is -2.27.